The van der Waals surface area contributed by atoms with Crippen LogP contribution in [0, 0.1) is 5.82 Å². The van der Waals surface area contributed by atoms with Crippen LogP contribution in [0.4, 0.5) is 4.39 Å². The molecule has 0 saturated heterocycles. The van der Waals surface area contributed by atoms with E-state index in [2.05, 4.69) is 5.10 Å². The molecule has 0 aliphatic heterocycles. The molecule has 2 rings (SSSR count). The second-order valence-corrected chi connectivity index (χ2v) is 3.39. The average Bonchev–Trinajstić information content (AvgIpc) is 2.71. The van der Waals surface area contributed by atoms with Crippen LogP contribution < -0.4 is 5.73 Å². The average molecular weight is 205 g/mol. The molecule has 0 saturated carbocycles. The highest BCUT2D eigenvalue weighted by Crippen LogP contribution is 2.12. The summed E-state index contributed by atoms with van der Waals surface area (Å²) in [5.41, 5.74) is 6.86. The van der Waals surface area contributed by atoms with Gasteiger partial charge in [0.15, 0.2) is 0 Å². The molecule has 78 valence electrons. The van der Waals surface area contributed by atoms with Crippen LogP contribution in [-0.2, 0) is 6.54 Å². The first-order chi connectivity index (χ1) is 7.25. The maximum atomic E-state index is 12.7. The van der Waals surface area contributed by atoms with Crippen molar-refractivity contribution in [3.8, 4) is 0 Å². The lowest BCUT2D eigenvalue weighted by Crippen LogP contribution is -2.17. The Balaban J connectivity index is 2.08. The molecule has 1 aromatic carbocycles. The molecule has 0 fully saturated rings. The molecule has 0 amide bonds. The monoisotopic (exact) mass is 205 g/mol. The van der Waals surface area contributed by atoms with Gasteiger partial charge in [0.05, 0.1) is 6.54 Å². The highest BCUT2D eigenvalue weighted by atomic mass is 19.1. The van der Waals surface area contributed by atoms with E-state index < -0.39 is 0 Å². The fourth-order valence-corrected chi connectivity index (χ4v) is 1.43. The van der Waals surface area contributed by atoms with Gasteiger partial charge < -0.3 is 5.73 Å². The van der Waals surface area contributed by atoms with Gasteiger partial charge in [0.25, 0.3) is 0 Å². The quantitative estimate of drug-likeness (QED) is 0.829. The van der Waals surface area contributed by atoms with Gasteiger partial charge in [0.1, 0.15) is 5.82 Å². The Morgan fingerprint density at radius 3 is 2.67 bits per heavy atom. The normalized spacial score (nSPS) is 12.7. The molecule has 1 aromatic heterocycles. The first-order valence-corrected chi connectivity index (χ1v) is 4.74. The van der Waals surface area contributed by atoms with Gasteiger partial charge >= 0.3 is 0 Å². The van der Waals surface area contributed by atoms with Crippen LogP contribution in [0.25, 0.3) is 0 Å². The van der Waals surface area contributed by atoms with Crippen LogP contribution in [0.3, 0.4) is 0 Å². The van der Waals surface area contributed by atoms with Crippen molar-refractivity contribution in [2.75, 3.05) is 0 Å². The van der Waals surface area contributed by atoms with E-state index in [0.717, 1.165) is 5.56 Å². The van der Waals surface area contributed by atoms with E-state index in [1.54, 1.807) is 23.0 Å². The molecular weight excluding hydrogens is 193 g/mol. The summed E-state index contributed by atoms with van der Waals surface area (Å²) in [4.78, 5) is 0. The molecular formula is C11H12FN3. The topological polar surface area (TPSA) is 43.8 Å². The highest BCUT2D eigenvalue weighted by Gasteiger charge is 2.06. The maximum absolute atomic E-state index is 12.7. The van der Waals surface area contributed by atoms with Crippen molar-refractivity contribution < 1.29 is 4.39 Å². The van der Waals surface area contributed by atoms with Gasteiger partial charge in [0, 0.05) is 18.4 Å². The molecule has 0 radical (unpaired) electrons. The van der Waals surface area contributed by atoms with Crippen LogP contribution >= 0.6 is 0 Å². The molecule has 1 heterocycles. The summed E-state index contributed by atoms with van der Waals surface area (Å²) >= 11 is 0. The van der Waals surface area contributed by atoms with E-state index in [4.69, 9.17) is 5.73 Å². The van der Waals surface area contributed by atoms with Gasteiger partial charge in [-0.2, -0.15) is 5.10 Å². The lowest BCUT2D eigenvalue weighted by atomic mass is 10.1. The summed E-state index contributed by atoms with van der Waals surface area (Å²) in [7, 11) is 0. The van der Waals surface area contributed by atoms with E-state index in [1.165, 1.54) is 12.1 Å². The Kier molecular flexibility index (Phi) is 2.78. The van der Waals surface area contributed by atoms with Crippen molar-refractivity contribution >= 4 is 0 Å². The van der Waals surface area contributed by atoms with Gasteiger partial charge in [0.2, 0.25) is 0 Å². The molecule has 3 nitrogen and oxygen atoms in total. The number of nitrogens with zero attached hydrogens (tertiary/aromatic N) is 2. The SMILES string of the molecule is NC(Cn1cccn1)c1ccc(F)cc1. The Hall–Kier alpha value is -1.68. The minimum Gasteiger partial charge on any atom is -0.322 e. The van der Waals surface area contributed by atoms with Crippen molar-refractivity contribution in [2.45, 2.75) is 12.6 Å². The number of benzene rings is 1. The Bertz CT molecular complexity index is 408. The molecule has 2 N–H and O–H groups in total. The Labute approximate surface area is 87.3 Å². The molecule has 0 aliphatic rings. The number of halogens is 1. The Morgan fingerprint density at radius 2 is 2.07 bits per heavy atom. The summed E-state index contributed by atoms with van der Waals surface area (Å²) in [6, 6.07) is 7.91. The van der Waals surface area contributed by atoms with Crippen molar-refractivity contribution in [3.63, 3.8) is 0 Å². The van der Waals surface area contributed by atoms with Gasteiger partial charge in [-0.15, -0.1) is 0 Å². The number of aromatic nitrogens is 2. The molecule has 2 aromatic rings. The van der Waals surface area contributed by atoms with Crippen molar-refractivity contribution in [3.05, 3.63) is 54.1 Å². The van der Waals surface area contributed by atoms with E-state index in [-0.39, 0.29) is 11.9 Å². The second kappa shape index (κ2) is 4.23. The standard InChI is InChI=1S/C11H12FN3/c12-10-4-2-9(3-5-10)11(13)8-15-7-1-6-14-15/h1-7,11H,8,13H2. The van der Waals surface area contributed by atoms with E-state index in [9.17, 15) is 4.39 Å². The van der Waals surface area contributed by atoms with Crippen LogP contribution in [0.5, 0.6) is 0 Å². The predicted molar refractivity (Wildman–Crippen MR) is 55.6 cm³/mol. The van der Waals surface area contributed by atoms with Crippen LogP contribution in [0.1, 0.15) is 11.6 Å². The first-order valence-electron chi connectivity index (χ1n) is 4.74. The lowest BCUT2D eigenvalue weighted by Gasteiger charge is -2.11. The van der Waals surface area contributed by atoms with E-state index in [0.29, 0.717) is 6.54 Å². The molecule has 0 bridgehead atoms. The zero-order chi connectivity index (χ0) is 10.7. The zero-order valence-electron chi connectivity index (χ0n) is 8.18. The van der Waals surface area contributed by atoms with Gasteiger partial charge in [-0.3, -0.25) is 4.68 Å². The van der Waals surface area contributed by atoms with E-state index >= 15 is 0 Å². The van der Waals surface area contributed by atoms with E-state index in [1.807, 2.05) is 12.3 Å². The van der Waals surface area contributed by atoms with Crippen molar-refractivity contribution in [1.29, 1.82) is 0 Å². The molecule has 0 aliphatic carbocycles. The van der Waals surface area contributed by atoms with Gasteiger partial charge in [-0.05, 0) is 23.8 Å². The summed E-state index contributed by atoms with van der Waals surface area (Å²) in [6.07, 6.45) is 3.56. The first kappa shape index (κ1) is 9.86. The lowest BCUT2D eigenvalue weighted by molar-refractivity contribution is 0.526. The third kappa shape index (κ3) is 2.41. The molecule has 1 unspecified atom stereocenters. The largest absolute Gasteiger partial charge is 0.322 e. The van der Waals surface area contributed by atoms with Crippen LogP contribution in [0.15, 0.2) is 42.7 Å². The molecule has 0 spiro atoms. The van der Waals surface area contributed by atoms with Crippen LogP contribution in [-0.4, -0.2) is 9.78 Å². The third-order valence-corrected chi connectivity index (χ3v) is 2.24. The van der Waals surface area contributed by atoms with Gasteiger partial charge in [-0.25, -0.2) is 4.39 Å². The molecule has 4 heteroatoms. The Morgan fingerprint density at radius 1 is 1.33 bits per heavy atom. The van der Waals surface area contributed by atoms with Crippen LogP contribution in [0.2, 0.25) is 0 Å². The smallest absolute Gasteiger partial charge is 0.123 e. The second-order valence-electron chi connectivity index (χ2n) is 3.39. The van der Waals surface area contributed by atoms with Crippen molar-refractivity contribution in [2.24, 2.45) is 5.73 Å². The zero-order valence-corrected chi connectivity index (χ0v) is 8.18. The fourth-order valence-electron chi connectivity index (χ4n) is 1.43. The number of hydrogen-bond acceptors (Lipinski definition) is 2. The summed E-state index contributed by atoms with van der Waals surface area (Å²) in [6.45, 7) is 0.596. The number of nitrogens with two attached hydrogens (primary N) is 1. The summed E-state index contributed by atoms with van der Waals surface area (Å²) < 4.78 is 14.4. The summed E-state index contributed by atoms with van der Waals surface area (Å²) in [5.74, 6) is -0.245. The minimum absolute atomic E-state index is 0.162. The van der Waals surface area contributed by atoms with Crippen molar-refractivity contribution in [1.82, 2.24) is 9.78 Å². The third-order valence-electron chi connectivity index (χ3n) is 2.24. The fraction of sp³-hybridized carbons (Fsp3) is 0.182. The number of hydrogen-bond donors (Lipinski definition) is 1. The summed E-state index contributed by atoms with van der Waals surface area (Å²) in [5, 5.41) is 4.06. The minimum atomic E-state index is -0.245. The van der Waals surface area contributed by atoms with Gasteiger partial charge in [-0.1, -0.05) is 12.1 Å². The highest BCUT2D eigenvalue weighted by molar-refractivity contribution is 5.19. The number of rotatable bonds is 3. The maximum Gasteiger partial charge on any atom is 0.123 e. The molecule has 15 heavy (non-hydrogen) atoms. The predicted octanol–water partition coefficient (Wildman–Crippen LogP) is 1.72. The molecule has 1 atom stereocenters.